The van der Waals surface area contributed by atoms with Gasteiger partial charge in [0.15, 0.2) is 0 Å². The Balaban J connectivity index is 1.51. The van der Waals surface area contributed by atoms with Gasteiger partial charge in [0, 0.05) is 19.5 Å². The Labute approximate surface area is 149 Å². The summed E-state index contributed by atoms with van der Waals surface area (Å²) in [6.45, 7) is 3.58. The first-order valence-electron chi connectivity index (χ1n) is 9.39. The number of rotatable bonds is 6. The number of piperidine rings is 1. The van der Waals surface area contributed by atoms with Crippen molar-refractivity contribution in [2.24, 2.45) is 11.8 Å². The third-order valence-corrected chi connectivity index (χ3v) is 5.09. The Bertz CT molecular complexity index is 586. The van der Waals surface area contributed by atoms with Gasteiger partial charge in [-0.1, -0.05) is 50.1 Å². The molecule has 1 aromatic carbocycles. The summed E-state index contributed by atoms with van der Waals surface area (Å²) in [5.41, 5.74) is 0.968. The molecule has 0 spiro atoms. The fraction of sp³-hybridized carbons (Fsp3) is 0.600. The minimum absolute atomic E-state index is 0.0173. The average molecular weight is 344 g/mol. The van der Waals surface area contributed by atoms with Gasteiger partial charge in [-0.15, -0.1) is 0 Å². The molecule has 5 heteroatoms. The number of carbonyl (C=O) groups excluding carboxylic acids is 2. The van der Waals surface area contributed by atoms with E-state index in [0.29, 0.717) is 18.9 Å². The largest absolute Gasteiger partial charge is 0.445 e. The highest BCUT2D eigenvalue weighted by atomic mass is 16.5. The minimum Gasteiger partial charge on any atom is -0.445 e. The Morgan fingerprint density at radius 2 is 1.92 bits per heavy atom. The first-order chi connectivity index (χ1) is 12.1. The molecular weight excluding hydrogens is 316 g/mol. The topological polar surface area (TPSA) is 58.6 Å². The van der Waals surface area contributed by atoms with Crippen molar-refractivity contribution < 1.29 is 14.3 Å². The van der Waals surface area contributed by atoms with E-state index in [1.165, 1.54) is 19.3 Å². The second kappa shape index (κ2) is 8.37. The third-order valence-electron chi connectivity index (χ3n) is 5.09. The highest BCUT2D eigenvalue weighted by molar-refractivity contribution is 5.76. The molecule has 0 aromatic heterocycles. The number of hydrogen-bond donors (Lipinski definition) is 1. The normalized spacial score (nSPS) is 23.2. The van der Waals surface area contributed by atoms with Crippen LogP contribution >= 0.6 is 0 Å². The van der Waals surface area contributed by atoms with Gasteiger partial charge in [0.05, 0.1) is 6.04 Å². The summed E-state index contributed by atoms with van der Waals surface area (Å²) >= 11 is 0. The Kier molecular flexibility index (Phi) is 5.95. The molecule has 25 heavy (non-hydrogen) atoms. The van der Waals surface area contributed by atoms with Gasteiger partial charge in [-0.2, -0.15) is 0 Å². The SMILES string of the molecule is CCC(=O)N1CC(CC2CC2)CC(NC(=O)OCc2ccccc2)C1. The zero-order chi connectivity index (χ0) is 17.6. The highest BCUT2D eigenvalue weighted by Crippen LogP contribution is 2.37. The summed E-state index contributed by atoms with van der Waals surface area (Å²) in [6, 6.07) is 9.63. The fourth-order valence-corrected chi connectivity index (χ4v) is 3.66. The Morgan fingerprint density at radius 1 is 1.16 bits per heavy atom. The molecule has 2 aliphatic rings. The quantitative estimate of drug-likeness (QED) is 0.861. The highest BCUT2D eigenvalue weighted by Gasteiger charge is 2.34. The van der Waals surface area contributed by atoms with E-state index in [4.69, 9.17) is 4.74 Å². The molecule has 1 aliphatic heterocycles. The number of ether oxygens (including phenoxy) is 1. The van der Waals surface area contributed by atoms with Crippen LogP contribution in [0.2, 0.25) is 0 Å². The summed E-state index contributed by atoms with van der Waals surface area (Å²) in [6.07, 6.45) is 4.85. The molecular formula is C20H28N2O3. The molecule has 0 bridgehead atoms. The van der Waals surface area contributed by atoms with E-state index in [2.05, 4.69) is 5.32 Å². The van der Waals surface area contributed by atoms with Gasteiger partial charge in [0.25, 0.3) is 0 Å². The standard InChI is InChI=1S/C20H28N2O3/c1-2-19(23)22-12-17(10-15-8-9-15)11-18(13-22)21-20(24)25-14-16-6-4-3-5-7-16/h3-7,15,17-18H,2,8-14H2,1H3,(H,21,24). The second-order valence-corrected chi connectivity index (χ2v) is 7.34. The number of likely N-dealkylation sites (tertiary alicyclic amines) is 1. The van der Waals surface area contributed by atoms with Gasteiger partial charge >= 0.3 is 6.09 Å². The first kappa shape index (κ1) is 17.8. The predicted molar refractivity (Wildman–Crippen MR) is 95.9 cm³/mol. The van der Waals surface area contributed by atoms with E-state index < -0.39 is 6.09 Å². The fourth-order valence-electron chi connectivity index (χ4n) is 3.66. The molecule has 2 atom stereocenters. The van der Waals surface area contributed by atoms with Crippen molar-refractivity contribution in [3.05, 3.63) is 35.9 Å². The van der Waals surface area contributed by atoms with Crippen LogP contribution in [0.4, 0.5) is 4.79 Å². The van der Waals surface area contributed by atoms with Crippen molar-refractivity contribution in [3.63, 3.8) is 0 Å². The van der Waals surface area contributed by atoms with Gasteiger partial charge in [0.2, 0.25) is 5.91 Å². The van der Waals surface area contributed by atoms with E-state index in [0.717, 1.165) is 24.4 Å². The number of hydrogen-bond acceptors (Lipinski definition) is 3. The van der Waals surface area contributed by atoms with Crippen molar-refractivity contribution in [1.82, 2.24) is 10.2 Å². The molecule has 1 saturated heterocycles. The molecule has 1 aliphatic carbocycles. The van der Waals surface area contributed by atoms with Crippen LogP contribution in [0.3, 0.4) is 0 Å². The lowest BCUT2D eigenvalue weighted by Crippen LogP contribution is -2.52. The molecule has 2 amide bonds. The number of nitrogens with zero attached hydrogens (tertiary/aromatic N) is 1. The summed E-state index contributed by atoms with van der Waals surface area (Å²) < 4.78 is 5.33. The summed E-state index contributed by atoms with van der Waals surface area (Å²) in [7, 11) is 0. The number of alkyl carbamates (subject to hydrolysis) is 1. The van der Waals surface area contributed by atoms with E-state index in [9.17, 15) is 9.59 Å². The maximum absolute atomic E-state index is 12.1. The van der Waals surface area contributed by atoms with Crippen LogP contribution in [0.15, 0.2) is 30.3 Å². The van der Waals surface area contributed by atoms with Crippen molar-refractivity contribution >= 4 is 12.0 Å². The summed E-state index contributed by atoms with van der Waals surface area (Å²) in [4.78, 5) is 26.2. The van der Waals surface area contributed by atoms with Crippen molar-refractivity contribution in [2.45, 2.75) is 51.7 Å². The molecule has 1 saturated carbocycles. The number of nitrogens with one attached hydrogen (secondary N) is 1. The molecule has 1 aromatic rings. The maximum Gasteiger partial charge on any atom is 0.407 e. The Hall–Kier alpha value is -2.04. The second-order valence-electron chi connectivity index (χ2n) is 7.34. The van der Waals surface area contributed by atoms with Crippen LogP contribution in [-0.2, 0) is 16.1 Å². The van der Waals surface area contributed by atoms with Crippen molar-refractivity contribution in [2.75, 3.05) is 13.1 Å². The van der Waals surface area contributed by atoms with Crippen LogP contribution in [0.1, 0.15) is 44.6 Å². The number of benzene rings is 1. The molecule has 5 nitrogen and oxygen atoms in total. The lowest BCUT2D eigenvalue weighted by atomic mass is 9.89. The molecule has 1 heterocycles. The maximum atomic E-state index is 12.1. The van der Waals surface area contributed by atoms with Crippen LogP contribution in [0.5, 0.6) is 0 Å². The monoisotopic (exact) mass is 344 g/mol. The van der Waals surface area contributed by atoms with Crippen LogP contribution in [0, 0.1) is 11.8 Å². The van der Waals surface area contributed by atoms with Crippen molar-refractivity contribution in [3.8, 4) is 0 Å². The lowest BCUT2D eigenvalue weighted by Gasteiger charge is -2.38. The third kappa shape index (κ3) is 5.48. The predicted octanol–water partition coefficient (Wildman–Crippen LogP) is 3.34. The zero-order valence-corrected chi connectivity index (χ0v) is 14.9. The van der Waals surface area contributed by atoms with E-state index in [1.54, 1.807) is 0 Å². The lowest BCUT2D eigenvalue weighted by molar-refractivity contribution is -0.133. The van der Waals surface area contributed by atoms with Crippen LogP contribution in [0.25, 0.3) is 0 Å². The Morgan fingerprint density at radius 3 is 2.60 bits per heavy atom. The summed E-state index contributed by atoms with van der Waals surface area (Å²) in [5.74, 6) is 1.48. The van der Waals surface area contributed by atoms with Gasteiger partial charge in [-0.05, 0) is 30.2 Å². The molecule has 3 rings (SSSR count). The smallest absolute Gasteiger partial charge is 0.407 e. The number of carbonyl (C=O) groups is 2. The number of amides is 2. The molecule has 2 unspecified atom stereocenters. The van der Waals surface area contributed by atoms with Gasteiger partial charge in [-0.25, -0.2) is 4.79 Å². The van der Waals surface area contributed by atoms with Gasteiger partial charge in [-0.3, -0.25) is 4.79 Å². The zero-order valence-electron chi connectivity index (χ0n) is 14.9. The first-order valence-corrected chi connectivity index (χ1v) is 9.39. The summed E-state index contributed by atoms with van der Waals surface area (Å²) in [5, 5.41) is 2.97. The molecule has 136 valence electrons. The molecule has 1 N–H and O–H groups in total. The van der Waals surface area contributed by atoms with Crippen LogP contribution in [-0.4, -0.2) is 36.0 Å². The van der Waals surface area contributed by atoms with E-state index >= 15 is 0 Å². The average Bonchev–Trinajstić information content (AvgIpc) is 3.44. The van der Waals surface area contributed by atoms with Gasteiger partial charge < -0.3 is 15.0 Å². The van der Waals surface area contributed by atoms with Gasteiger partial charge in [0.1, 0.15) is 6.61 Å². The molecule has 0 radical (unpaired) electrons. The van der Waals surface area contributed by atoms with Crippen LogP contribution < -0.4 is 5.32 Å². The molecule has 2 fully saturated rings. The van der Waals surface area contributed by atoms with E-state index in [-0.39, 0.29) is 18.6 Å². The van der Waals surface area contributed by atoms with Crippen molar-refractivity contribution in [1.29, 1.82) is 0 Å². The van der Waals surface area contributed by atoms with E-state index in [1.807, 2.05) is 42.2 Å². The minimum atomic E-state index is -0.398.